The zero-order chi connectivity index (χ0) is 11.8. The highest BCUT2D eigenvalue weighted by molar-refractivity contribution is 5.85. The van der Waals surface area contributed by atoms with Crippen LogP contribution >= 0.6 is 12.4 Å². The van der Waals surface area contributed by atoms with Crippen LogP contribution in [0.1, 0.15) is 11.1 Å². The summed E-state index contributed by atoms with van der Waals surface area (Å²) in [5, 5.41) is 5.63. The van der Waals surface area contributed by atoms with Gasteiger partial charge in [0, 0.05) is 13.7 Å². The lowest BCUT2D eigenvalue weighted by molar-refractivity contribution is -0.120. The summed E-state index contributed by atoms with van der Waals surface area (Å²) in [5.74, 6) is -0.000329. The number of methoxy groups -OCH3 is 1. The van der Waals surface area contributed by atoms with Crippen LogP contribution in [0.2, 0.25) is 0 Å². The minimum atomic E-state index is -0.000329. The van der Waals surface area contributed by atoms with Crippen LogP contribution in [0, 0.1) is 0 Å². The quantitative estimate of drug-likeness (QED) is 0.803. The summed E-state index contributed by atoms with van der Waals surface area (Å²) in [6.07, 6.45) is 0. The second-order valence-corrected chi connectivity index (χ2v) is 3.56. The van der Waals surface area contributed by atoms with Crippen molar-refractivity contribution in [2.24, 2.45) is 0 Å². The highest BCUT2D eigenvalue weighted by atomic mass is 35.5. The molecule has 0 aromatic heterocycles. The van der Waals surface area contributed by atoms with Gasteiger partial charge in [-0.3, -0.25) is 4.79 Å². The molecule has 96 valence electrons. The molecule has 5 heteroatoms. The van der Waals surface area contributed by atoms with Crippen molar-refractivity contribution in [2.75, 3.05) is 20.7 Å². The highest BCUT2D eigenvalue weighted by Gasteiger charge is 2.00. The number of hydrogen-bond acceptors (Lipinski definition) is 3. The Hall–Kier alpha value is -1.10. The Labute approximate surface area is 108 Å². The van der Waals surface area contributed by atoms with Crippen molar-refractivity contribution in [3.8, 4) is 0 Å². The van der Waals surface area contributed by atoms with E-state index in [0.717, 1.165) is 11.1 Å². The number of benzene rings is 1. The minimum Gasteiger partial charge on any atom is -0.380 e. The number of carbonyl (C=O) groups excluding carboxylic acids is 1. The van der Waals surface area contributed by atoms with Gasteiger partial charge < -0.3 is 15.4 Å². The van der Waals surface area contributed by atoms with Gasteiger partial charge >= 0.3 is 0 Å². The van der Waals surface area contributed by atoms with Crippen LogP contribution in [0.25, 0.3) is 0 Å². The van der Waals surface area contributed by atoms with Crippen molar-refractivity contribution < 1.29 is 9.53 Å². The monoisotopic (exact) mass is 258 g/mol. The lowest BCUT2D eigenvalue weighted by Crippen LogP contribution is -2.31. The molecule has 0 saturated carbocycles. The van der Waals surface area contributed by atoms with Gasteiger partial charge in [0.1, 0.15) is 0 Å². The van der Waals surface area contributed by atoms with Crippen molar-refractivity contribution in [3.05, 3.63) is 35.4 Å². The van der Waals surface area contributed by atoms with Gasteiger partial charge in [-0.1, -0.05) is 24.3 Å². The van der Waals surface area contributed by atoms with Crippen LogP contribution in [0.3, 0.4) is 0 Å². The summed E-state index contributed by atoms with van der Waals surface area (Å²) in [6.45, 7) is 1.49. The lowest BCUT2D eigenvalue weighted by Gasteiger charge is -2.06. The molecular weight excluding hydrogens is 240 g/mol. The number of amides is 1. The zero-order valence-electron chi connectivity index (χ0n) is 10.2. The average molecular weight is 259 g/mol. The number of ether oxygens (including phenoxy) is 1. The number of nitrogens with one attached hydrogen (secondary N) is 2. The van der Waals surface area contributed by atoms with Crippen LogP contribution in [0.4, 0.5) is 0 Å². The second-order valence-electron chi connectivity index (χ2n) is 3.56. The third-order valence-corrected chi connectivity index (χ3v) is 2.13. The fourth-order valence-corrected chi connectivity index (χ4v) is 1.42. The predicted octanol–water partition coefficient (Wildman–Crippen LogP) is 1.09. The Bertz CT molecular complexity index is 345. The minimum absolute atomic E-state index is 0. The second kappa shape index (κ2) is 8.98. The molecule has 0 aliphatic carbocycles. The number of likely N-dealkylation sites (N-methyl/N-ethyl adjacent to an activating group) is 1. The molecule has 1 rings (SSSR count). The number of halogens is 1. The molecular formula is C12H19ClN2O2. The number of carbonyl (C=O) groups is 1. The van der Waals surface area contributed by atoms with Crippen molar-refractivity contribution in [3.63, 3.8) is 0 Å². The van der Waals surface area contributed by atoms with E-state index in [2.05, 4.69) is 10.6 Å². The molecule has 0 unspecified atom stereocenters. The van der Waals surface area contributed by atoms with Gasteiger partial charge in [0.25, 0.3) is 0 Å². The standard InChI is InChI=1S/C12H18N2O2.ClH/c1-13-8-12(15)14-7-10-4-3-5-11(6-10)9-16-2;/h3-6,13H,7-9H2,1-2H3,(H,14,15);1H. The molecule has 0 atom stereocenters. The number of rotatable bonds is 6. The first kappa shape index (κ1) is 15.9. The summed E-state index contributed by atoms with van der Waals surface area (Å²) in [7, 11) is 3.42. The summed E-state index contributed by atoms with van der Waals surface area (Å²) < 4.78 is 5.05. The molecule has 0 fully saturated rings. The van der Waals surface area contributed by atoms with E-state index in [-0.39, 0.29) is 18.3 Å². The summed E-state index contributed by atoms with van der Waals surface area (Å²) in [4.78, 5) is 11.2. The van der Waals surface area contributed by atoms with Crippen molar-refractivity contribution in [1.29, 1.82) is 0 Å². The van der Waals surface area contributed by atoms with E-state index >= 15 is 0 Å². The SMILES string of the molecule is CNCC(=O)NCc1cccc(COC)c1.Cl. The molecule has 1 aromatic carbocycles. The smallest absolute Gasteiger partial charge is 0.234 e. The highest BCUT2D eigenvalue weighted by Crippen LogP contribution is 2.05. The molecule has 0 spiro atoms. The Balaban J connectivity index is 0.00000256. The molecule has 0 heterocycles. The molecule has 0 aliphatic rings. The summed E-state index contributed by atoms with van der Waals surface area (Å²) in [5.41, 5.74) is 2.20. The van der Waals surface area contributed by atoms with E-state index in [1.54, 1.807) is 14.2 Å². The predicted molar refractivity (Wildman–Crippen MR) is 70.2 cm³/mol. The maximum absolute atomic E-state index is 11.2. The van der Waals surface area contributed by atoms with E-state index in [4.69, 9.17) is 4.74 Å². The lowest BCUT2D eigenvalue weighted by atomic mass is 10.1. The normalized spacial score (nSPS) is 9.53. The van der Waals surface area contributed by atoms with Crippen LogP contribution in [0.15, 0.2) is 24.3 Å². The van der Waals surface area contributed by atoms with Gasteiger partial charge in [-0.25, -0.2) is 0 Å². The Morgan fingerprint density at radius 1 is 1.35 bits per heavy atom. The van der Waals surface area contributed by atoms with Crippen LogP contribution in [-0.2, 0) is 22.7 Å². The molecule has 4 nitrogen and oxygen atoms in total. The van der Waals surface area contributed by atoms with Crippen LogP contribution in [0.5, 0.6) is 0 Å². The van der Waals surface area contributed by atoms with Gasteiger partial charge in [0.15, 0.2) is 0 Å². The van der Waals surface area contributed by atoms with E-state index in [0.29, 0.717) is 19.7 Å². The van der Waals surface area contributed by atoms with Crippen LogP contribution < -0.4 is 10.6 Å². The van der Waals surface area contributed by atoms with E-state index in [1.165, 1.54) is 0 Å². The van der Waals surface area contributed by atoms with Crippen LogP contribution in [-0.4, -0.2) is 26.6 Å². The first-order chi connectivity index (χ1) is 7.76. The third-order valence-electron chi connectivity index (χ3n) is 2.13. The molecule has 1 aromatic rings. The van der Waals surface area contributed by atoms with E-state index in [9.17, 15) is 4.79 Å². The Morgan fingerprint density at radius 3 is 2.71 bits per heavy atom. The molecule has 0 bridgehead atoms. The Kier molecular flexibility index (Phi) is 8.40. The van der Waals surface area contributed by atoms with Gasteiger partial charge in [0.05, 0.1) is 13.2 Å². The molecule has 17 heavy (non-hydrogen) atoms. The van der Waals surface area contributed by atoms with Gasteiger partial charge in [-0.15, -0.1) is 12.4 Å². The molecule has 2 N–H and O–H groups in total. The topological polar surface area (TPSA) is 50.4 Å². The number of hydrogen-bond donors (Lipinski definition) is 2. The third kappa shape index (κ3) is 6.26. The molecule has 1 amide bonds. The van der Waals surface area contributed by atoms with Crippen molar-refractivity contribution in [2.45, 2.75) is 13.2 Å². The first-order valence-corrected chi connectivity index (χ1v) is 5.24. The fraction of sp³-hybridized carbons (Fsp3) is 0.417. The Morgan fingerprint density at radius 2 is 2.06 bits per heavy atom. The largest absolute Gasteiger partial charge is 0.380 e. The zero-order valence-corrected chi connectivity index (χ0v) is 11.0. The average Bonchev–Trinajstić information content (AvgIpc) is 2.28. The van der Waals surface area contributed by atoms with Crippen molar-refractivity contribution in [1.82, 2.24) is 10.6 Å². The van der Waals surface area contributed by atoms with Gasteiger partial charge in [-0.2, -0.15) is 0 Å². The maximum atomic E-state index is 11.2. The summed E-state index contributed by atoms with van der Waals surface area (Å²) in [6, 6.07) is 7.98. The molecule has 0 saturated heterocycles. The van der Waals surface area contributed by atoms with E-state index < -0.39 is 0 Å². The van der Waals surface area contributed by atoms with Crippen molar-refractivity contribution >= 4 is 18.3 Å². The van der Waals surface area contributed by atoms with Gasteiger partial charge in [-0.05, 0) is 18.2 Å². The first-order valence-electron chi connectivity index (χ1n) is 5.24. The molecule has 0 radical (unpaired) electrons. The summed E-state index contributed by atoms with van der Waals surface area (Å²) >= 11 is 0. The maximum Gasteiger partial charge on any atom is 0.234 e. The van der Waals surface area contributed by atoms with E-state index in [1.807, 2.05) is 24.3 Å². The fourth-order valence-electron chi connectivity index (χ4n) is 1.42. The molecule has 0 aliphatic heterocycles. The van der Waals surface area contributed by atoms with Gasteiger partial charge in [0.2, 0.25) is 5.91 Å².